The number of benzene rings is 8. The summed E-state index contributed by atoms with van der Waals surface area (Å²) in [6.45, 7) is 9.06. The van der Waals surface area contributed by atoms with E-state index in [1.165, 1.54) is 24.3 Å². The molecule has 8 aromatic carbocycles. The van der Waals surface area contributed by atoms with Crippen LogP contribution >= 0.6 is 110 Å². The lowest BCUT2D eigenvalue weighted by Gasteiger charge is -2.23. The number of rotatable bonds is 23. The second-order valence-corrected chi connectivity index (χ2v) is 34.4. The van der Waals surface area contributed by atoms with Crippen molar-refractivity contribution in [3.05, 3.63) is 348 Å². The minimum absolute atomic E-state index is 0.205. The highest BCUT2D eigenvalue weighted by Gasteiger charge is 2.25. The summed E-state index contributed by atoms with van der Waals surface area (Å²) in [5.74, 6) is 0.371. The number of aliphatic imine (C=N–C) groups is 1. The van der Waals surface area contributed by atoms with Crippen LogP contribution in [0.15, 0.2) is 266 Å². The molecule has 130 heavy (non-hydrogen) atoms. The molecule has 36 heteroatoms. The molecule has 1 saturated heterocycles. The van der Waals surface area contributed by atoms with Crippen LogP contribution in [0.4, 0.5) is 46.0 Å². The molecule has 0 aliphatic carbocycles. The largest absolute Gasteiger partial charge is 0.363 e. The van der Waals surface area contributed by atoms with Crippen molar-refractivity contribution in [2.24, 2.45) is 4.99 Å². The van der Waals surface area contributed by atoms with Crippen LogP contribution in [0.25, 0.3) is 0 Å². The van der Waals surface area contributed by atoms with Crippen molar-refractivity contribution < 1.29 is 38.4 Å². The minimum Gasteiger partial charge on any atom is -0.363 e. The molecule has 6 heterocycles. The van der Waals surface area contributed by atoms with Gasteiger partial charge in [-0.25, -0.2) is 19.9 Å². The summed E-state index contributed by atoms with van der Waals surface area (Å²) in [5, 5.41) is 48.1. The van der Waals surface area contributed by atoms with Crippen LogP contribution in [-0.2, 0) is 0 Å². The summed E-state index contributed by atoms with van der Waals surface area (Å²) in [5.41, 5.74) is 7.00. The van der Waals surface area contributed by atoms with Gasteiger partial charge in [0.15, 0.2) is 0 Å². The standard InChI is InChI=1S/C25H25BrClN5O2.C24H21BrClN5O2.C23H19BrClN5O2.C22H19BrClN5O2/c1-3-13-32(4-2)23(28)16-5-7-17(8-6-16)24(33)30-21-11-10-19(27)14-20(21)25(34)31-22-12-9-18(26)15-29-22;25-17-7-10-21(28-14-17)30-24(33)19-13-18(26)8-9-20(19)29-23(32)16-5-3-15(4-6-16)22(27)31-11-1-2-12-31;1-30-11-10-26-21(30)14-2-4-15(5-3-14)22(31)28-19-8-7-17(25)12-18(19)23(32)29-20-9-6-16(24)13-27-20;1-29(2)20(25)13-3-5-14(6-4-13)21(30)27-18-9-8-16(24)11-17(18)22(31)28-19-10-7-15(23)12-26-19/h5-12,14-15,28H,3-4,13H2,1-2H3,(H,30,33)(H,29,31,34);3-10,13-14,27H,1-2,11-12H2,(H,29,32)(H,28,30,33);2-9,12-13H,10-11H2,1H3,(H,28,31)(H,27,29,32);3-12,25H,1-2H3,(H,27,30)(H,26,28,31). The number of hydrogen-bond donors (Lipinski definition) is 11. The van der Waals surface area contributed by atoms with Gasteiger partial charge in [-0.2, -0.15) is 0 Å². The van der Waals surface area contributed by atoms with E-state index >= 15 is 0 Å². The van der Waals surface area contributed by atoms with Crippen molar-refractivity contribution in [1.82, 2.24) is 39.5 Å². The maximum absolute atomic E-state index is 12.9. The first kappa shape index (κ1) is 97.7. The molecule has 2 aliphatic heterocycles. The van der Waals surface area contributed by atoms with Gasteiger partial charge < -0.3 is 62.1 Å². The van der Waals surface area contributed by atoms with Gasteiger partial charge in [-0.05, 0) is 260 Å². The monoisotopic (exact) mass is 2080 g/mol. The fraction of sp³-hybridized carbons (Fsp3) is 0.149. The van der Waals surface area contributed by atoms with Crippen LogP contribution < -0.4 is 42.5 Å². The number of anilines is 8. The number of likely N-dealkylation sites (tertiary alicyclic amines) is 1. The summed E-state index contributed by atoms with van der Waals surface area (Å²) in [6.07, 6.45) is 9.43. The average Bonchev–Trinajstić information content (AvgIpc) is 1.02. The summed E-state index contributed by atoms with van der Waals surface area (Å²) in [6, 6.07) is 60.0. The van der Waals surface area contributed by atoms with Gasteiger partial charge in [0.05, 0.1) is 51.5 Å². The van der Waals surface area contributed by atoms with E-state index < -0.39 is 23.6 Å². The molecule has 664 valence electrons. The van der Waals surface area contributed by atoms with Gasteiger partial charge >= 0.3 is 0 Å². The van der Waals surface area contributed by atoms with Crippen molar-refractivity contribution in [3.8, 4) is 0 Å². The molecule has 0 unspecified atom stereocenters. The molecule has 0 bridgehead atoms. The lowest BCUT2D eigenvalue weighted by Crippen LogP contribution is -2.31. The third-order valence-electron chi connectivity index (χ3n) is 19.6. The molecule has 14 rings (SSSR count). The topological polar surface area (TPSA) is 381 Å². The second-order valence-electron chi connectivity index (χ2n) is 29.0. The van der Waals surface area contributed by atoms with Crippen molar-refractivity contribution in [2.45, 2.75) is 33.1 Å². The number of hydrogen-bond acceptors (Lipinski definition) is 17. The molecule has 0 radical (unpaired) electrons. The van der Waals surface area contributed by atoms with Gasteiger partial charge in [-0.3, -0.25) is 59.6 Å². The van der Waals surface area contributed by atoms with Crippen LogP contribution in [0.1, 0.15) is 138 Å². The number of likely N-dealkylation sites (N-methyl/N-ethyl adjacent to an activating group) is 1. The van der Waals surface area contributed by atoms with Gasteiger partial charge in [0.1, 0.15) is 46.6 Å². The first-order valence-corrected chi connectivity index (χ1v) is 44.8. The Bertz CT molecular complexity index is 6210. The Labute approximate surface area is 803 Å². The Morgan fingerprint density at radius 2 is 0.662 bits per heavy atom. The van der Waals surface area contributed by atoms with E-state index in [4.69, 9.17) is 62.6 Å². The van der Waals surface area contributed by atoms with Gasteiger partial charge in [-0.15, -0.1) is 0 Å². The predicted octanol–water partition coefficient (Wildman–Crippen LogP) is 21.1. The molecule has 0 saturated carbocycles. The number of amidine groups is 4. The normalized spacial score (nSPS) is 11.7. The molecule has 8 amide bonds. The molecule has 4 aromatic heterocycles. The minimum atomic E-state index is -0.456. The number of pyridine rings is 4. The van der Waals surface area contributed by atoms with Crippen LogP contribution in [-0.4, -0.2) is 171 Å². The molecular weight excluding hydrogens is 2000 g/mol. The lowest BCUT2D eigenvalue weighted by atomic mass is 10.1. The van der Waals surface area contributed by atoms with Gasteiger partial charge in [-0.1, -0.05) is 102 Å². The zero-order valence-electron chi connectivity index (χ0n) is 70.3. The van der Waals surface area contributed by atoms with Gasteiger partial charge in [0, 0.05) is 161 Å². The first-order chi connectivity index (χ1) is 62.4. The Balaban J connectivity index is 0.000000168. The maximum atomic E-state index is 12.9. The Kier molecular flexibility index (Phi) is 35.2. The lowest BCUT2D eigenvalue weighted by molar-refractivity contribution is 0.101. The number of nitrogens with zero attached hydrogens (tertiary/aromatic N) is 9. The van der Waals surface area contributed by atoms with E-state index in [0.717, 1.165) is 98.9 Å². The first-order valence-electron chi connectivity index (χ1n) is 40.1. The molecule has 0 atom stereocenters. The molecule has 12 aromatic rings. The highest BCUT2D eigenvalue weighted by Crippen LogP contribution is 2.30. The molecular formula is C94H84Br4Cl4N20O8. The van der Waals surface area contributed by atoms with Crippen LogP contribution in [0.2, 0.25) is 20.1 Å². The summed E-state index contributed by atoms with van der Waals surface area (Å²) < 4.78 is 3.16. The van der Waals surface area contributed by atoms with Crippen LogP contribution in [0.3, 0.4) is 0 Å². The number of nitrogens with one attached hydrogen (secondary N) is 11. The van der Waals surface area contributed by atoms with E-state index in [9.17, 15) is 38.4 Å². The molecule has 28 nitrogen and oxygen atoms in total. The second kappa shape index (κ2) is 46.9. The smallest absolute Gasteiger partial charge is 0.258 e. The quantitative estimate of drug-likeness (QED) is 0.0209. The highest BCUT2D eigenvalue weighted by atomic mass is 79.9. The third kappa shape index (κ3) is 27.6. The van der Waals surface area contributed by atoms with E-state index in [1.54, 1.807) is 226 Å². The fourth-order valence-corrected chi connectivity index (χ4v) is 14.4. The number of amides is 8. The number of aromatic nitrogens is 4. The maximum Gasteiger partial charge on any atom is 0.258 e. The Morgan fingerprint density at radius 1 is 0.369 bits per heavy atom. The van der Waals surface area contributed by atoms with E-state index in [1.807, 2.05) is 35.9 Å². The summed E-state index contributed by atoms with van der Waals surface area (Å²) >= 11 is 37.6. The molecule has 0 spiro atoms. The van der Waals surface area contributed by atoms with Gasteiger partial charge in [0.2, 0.25) is 0 Å². The Hall–Kier alpha value is -12.9. The SMILES string of the molecule is CCCN(CC)C(=N)c1ccc(C(=O)Nc2ccc(Cl)cc2C(=O)Nc2ccc(Br)cn2)cc1.CN(C)C(=N)c1ccc(C(=O)Nc2ccc(Cl)cc2C(=O)Nc2ccc(Br)cn2)cc1.CN1CCN=C1c1ccc(C(=O)Nc2ccc(Cl)cc2C(=O)Nc2ccc(Br)cn2)cc1.N=C(c1ccc(C(=O)Nc2ccc(Cl)cc2C(=O)Nc2ccc(Br)cn2)cc1)N1CCCC1. The van der Waals surface area contributed by atoms with Crippen molar-refractivity contribution in [1.29, 1.82) is 16.2 Å². The Morgan fingerprint density at radius 3 is 0.931 bits per heavy atom. The predicted molar refractivity (Wildman–Crippen MR) is 530 cm³/mol. The molecule has 1 fully saturated rings. The molecule has 11 N–H and O–H groups in total. The third-order valence-corrected chi connectivity index (χ3v) is 22.4. The number of halogens is 8. The van der Waals surface area contributed by atoms with Crippen LogP contribution in [0, 0.1) is 16.2 Å². The number of carbonyl (C=O) groups excluding carboxylic acids is 8. The van der Waals surface area contributed by atoms with E-state index in [0.29, 0.717) is 111 Å². The number of carbonyl (C=O) groups is 8. The van der Waals surface area contributed by atoms with Crippen molar-refractivity contribution >= 4 is 227 Å². The van der Waals surface area contributed by atoms with E-state index in [-0.39, 0.29) is 45.9 Å². The van der Waals surface area contributed by atoms with Gasteiger partial charge in [0.25, 0.3) is 47.3 Å². The van der Waals surface area contributed by atoms with E-state index in [2.05, 4.69) is 143 Å². The zero-order chi connectivity index (χ0) is 93.2. The summed E-state index contributed by atoms with van der Waals surface area (Å²) in [4.78, 5) is 131. The summed E-state index contributed by atoms with van der Waals surface area (Å²) in [7, 11) is 5.54. The highest BCUT2D eigenvalue weighted by molar-refractivity contribution is 9.11. The molecule has 2 aliphatic rings. The van der Waals surface area contributed by atoms with Crippen molar-refractivity contribution in [2.75, 3.05) is 103 Å². The van der Waals surface area contributed by atoms with Crippen molar-refractivity contribution in [3.63, 3.8) is 0 Å². The zero-order valence-corrected chi connectivity index (χ0v) is 79.6. The van der Waals surface area contributed by atoms with Crippen LogP contribution in [0.5, 0.6) is 0 Å². The fourth-order valence-electron chi connectivity index (χ4n) is 12.8. The average molecular weight is 2080 g/mol.